The molecule has 0 saturated heterocycles. The van der Waals surface area contributed by atoms with Crippen LogP contribution in [0.1, 0.15) is 18.4 Å². The predicted molar refractivity (Wildman–Crippen MR) is 85.7 cm³/mol. The number of amides is 1. The second kappa shape index (κ2) is 7.35. The molecule has 0 aliphatic rings. The number of nitrogens with zero attached hydrogens (tertiary/aromatic N) is 5. The Balaban J connectivity index is 1.44. The first-order valence-corrected chi connectivity index (χ1v) is 7.46. The summed E-state index contributed by atoms with van der Waals surface area (Å²) in [4.78, 5) is 19.8. The van der Waals surface area contributed by atoms with Crippen molar-refractivity contribution in [3.8, 4) is 0 Å². The van der Waals surface area contributed by atoms with E-state index in [-0.39, 0.29) is 5.91 Å². The Labute approximate surface area is 134 Å². The first-order valence-electron chi connectivity index (χ1n) is 7.46. The molecule has 2 heterocycles. The van der Waals surface area contributed by atoms with E-state index in [1.54, 1.807) is 23.5 Å². The summed E-state index contributed by atoms with van der Waals surface area (Å²) >= 11 is 0. The van der Waals surface area contributed by atoms with E-state index >= 15 is 0 Å². The number of hydrogen-bond acceptors (Lipinski definition) is 4. The number of aryl methyl sites for hydroxylation is 1. The third kappa shape index (κ3) is 4.50. The number of carbonyl (C=O) groups is 1. The highest BCUT2D eigenvalue weighted by Crippen LogP contribution is 2.11. The van der Waals surface area contributed by atoms with Gasteiger partial charge in [-0.15, -0.1) is 0 Å². The Morgan fingerprint density at radius 1 is 1.13 bits per heavy atom. The van der Waals surface area contributed by atoms with Crippen LogP contribution in [-0.2, 0) is 17.9 Å². The molecule has 7 heteroatoms. The van der Waals surface area contributed by atoms with Gasteiger partial charge in [0.05, 0.1) is 12.9 Å². The van der Waals surface area contributed by atoms with Gasteiger partial charge in [-0.25, -0.2) is 14.6 Å². The number of hydrogen-bond donors (Lipinski definition) is 1. The summed E-state index contributed by atoms with van der Waals surface area (Å²) in [5.74, 6) is 0.0224. The maximum atomic E-state index is 11.9. The van der Waals surface area contributed by atoms with Crippen molar-refractivity contribution in [3.05, 3.63) is 61.2 Å². The molecule has 1 aromatic carbocycles. The Morgan fingerprint density at radius 3 is 2.70 bits per heavy atom. The number of nitrogens with one attached hydrogen (secondary N) is 1. The molecule has 3 rings (SSSR count). The van der Waals surface area contributed by atoms with Gasteiger partial charge in [0.2, 0.25) is 5.91 Å². The highest BCUT2D eigenvalue weighted by Gasteiger charge is 2.03. The molecule has 2 aromatic heterocycles. The number of benzene rings is 1. The van der Waals surface area contributed by atoms with E-state index in [2.05, 4.69) is 20.4 Å². The maximum absolute atomic E-state index is 11.9. The molecule has 0 saturated carbocycles. The lowest BCUT2D eigenvalue weighted by Gasteiger charge is -2.07. The average molecular weight is 310 g/mol. The molecule has 0 atom stereocenters. The van der Waals surface area contributed by atoms with Gasteiger partial charge in [0.1, 0.15) is 12.7 Å². The van der Waals surface area contributed by atoms with E-state index in [1.165, 1.54) is 6.33 Å². The van der Waals surface area contributed by atoms with Crippen LogP contribution in [0.5, 0.6) is 0 Å². The van der Waals surface area contributed by atoms with E-state index < -0.39 is 0 Å². The molecule has 1 N–H and O–H groups in total. The van der Waals surface area contributed by atoms with E-state index in [4.69, 9.17) is 0 Å². The van der Waals surface area contributed by atoms with Crippen molar-refractivity contribution < 1.29 is 4.79 Å². The van der Waals surface area contributed by atoms with Gasteiger partial charge in [0, 0.05) is 31.0 Å². The summed E-state index contributed by atoms with van der Waals surface area (Å²) in [6.07, 6.45) is 9.85. The minimum atomic E-state index is 0.0224. The molecule has 0 aliphatic carbocycles. The first-order chi connectivity index (χ1) is 11.3. The SMILES string of the molecule is O=C(CCCn1ccnc1)Nc1ccc(Cn2cncn2)cc1. The summed E-state index contributed by atoms with van der Waals surface area (Å²) in [7, 11) is 0. The van der Waals surface area contributed by atoms with Crippen molar-refractivity contribution in [2.24, 2.45) is 0 Å². The zero-order valence-corrected chi connectivity index (χ0v) is 12.7. The fourth-order valence-electron chi connectivity index (χ4n) is 2.26. The predicted octanol–water partition coefficient (Wildman–Crippen LogP) is 1.94. The maximum Gasteiger partial charge on any atom is 0.224 e. The lowest BCUT2D eigenvalue weighted by atomic mass is 10.2. The minimum absolute atomic E-state index is 0.0224. The first kappa shape index (κ1) is 15.0. The fourth-order valence-corrected chi connectivity index (χ4v) is 2.26. The van der Waals surface area contributed by atoms with Crippen LogP contribution in [0.2, 0.25) is 0 Å². The Bertz CT molecular complexity index is 719. The van der Waals surface area contributed by atoms with Crippen molar-refractivity contribution in [1.82, 2.24) is 24.3 Å². The standard InChI is InChI=1S/C16H18N6O/c23-16(2-1-8-21-9-7-17-12-21)20-15-5-3-14(4-6-15)10-22-13-18-11-19-22/h3-7,9,11-13H,1-2,8,10H2,(H,20,23). The van der Waals surface area contributed by atoms with Crippen LogP contribution in [0.4, 0.5) is 5.69 Å². The van der Waals surface area contributed by atoms with Crippen molar-refractivity contribution in [2.45, 2.75) is 25.9 Å². The lowest BCUT2D eigenvalue weighted by Crippen LogP contribution is -2.12. The van der Waals surface area contributed by atoms with Gasteiger partial charge in [-0.3, -0.25) is 4.79 Å². The van der Waals surface area contributed by atoms with Gasteiger partial charge < -0.3 is 9.88 Å². The van der Waals surface area contributed by atoms with Crippen molar-refractivity contribution in [3.63, 3.8) is 0 Å². The molecular formula is C16H18N6O. The summed E-state index contributed by atoms with van der Waals surface area (Å²) in [6, 6.07) is 7.76. The van der Waals surface area contributed by atoms with Crippen LogP contribution >= 0.6 is 0 Å². The number of aromatic nitrogens is 5. The Morgan fingerprint density at radius 2 is 2.00 bits per heavy atom. The van der Waals surface area contributed by atoms with Crippen molar-refractivity contribution in [1.29, 1.82) is 0 Å². The molecular weight excluding hydrogens is 292 g/mol. The topological polar surface area (TPSA) is 77.6 Å². The molecule has 0 radical (unpaired) electrons. The smallest absolute Gasteiger partial charge is 0.224 e. The third-order valence-electron chi connectivity index (χ3n) is 3.43. The monoisotopic (exact) mass is 310 g/mol. The van der Waals surface area contributed by atoms with Crippen LogP contribution < -0.4 is 5.32 Å². The molecule has 118 valence electrons. The summed E-state index contributed by atoms with van der Waals surface area (Å²) in [5, 5.41) is 6.98. The third-order valence-corrected chi connectivity index (χ3v) is 3.43. The van der Waals surface area contributed by atoms with Crippen LogP contribution in [0, 0.1) is 0 Å². The molecule has 0 spiro atoms. The van der Waals surface area contributed by atoms with E-state index in [9.17, 15) is 4.79 Å². The van der Waals surface area contributed by atoms with Gasteiger partial charge in [0.15, 0.2) is 0 Å². The largest absolute Gasteiger partial charge is 0.337 e. The van der Waals surface area contributed by atoms with E-state index in [0.717, 1.165) is 24.2 Å². The van der Waals surface area contributed by atoms with E-state index in [1.807, 2.05) is 35.0 Å². The number of imidazole rings is 1. The normalized spacial score (nSPS) is 10.6. The lowest BCUT2D eigenvalue weighted by molar-refractivity contribution is -0.116. The van der Waals surface area contributed by atoms with Crippen LogP contribution in [0.15, 0.2) is 55.6 Å². The van der Waals surface area contributed by atoms with Crippen LogP contribution in [-0.4, -0.2) is 30.2 Å². The average Bonchev–Trinajstić information content (AvgIpc) is 3.23. The zero-order valence-electron chi connectivity index (χ0n) is 12.7. The molecule has 0 fully saturated rings. The second-order valence-electron chi connectivity index (χ2n) is 5.24. The zero-order chi connectivity index (χ0) is 15.9. The van der Waals surface area contributed by atoms with Gasteiger partial charge in [-0.2, -0.15) is 5.10 Å². The van der Waals surface area contributed by atoms with Crippen molar-refractivity contribution >= 4 is 11.6 Å². The quantitative estimate of drug-likeness (QED) is 0.723. The highest BCUT2D eigenvalue weighted by molar-refractivity contribution is 5.90. The highest BCUT2D eigenvalue weighted by atomic mass is 16.1. The minimum Gasteiger partial charge on any atom is -0.337 e. The number of rotatable bonds is 7. The van der Waals surface area contributed by atoms with E-state index in [0.29, 0.717) is 13.0 Å². The molecule has 0 unspecified atom stereocenters. The fraction of sp³-hybridized carbons (Fsp3) is 0.250. The molecule has 1 amide bonds. The van der Waals surface area contributed by atoms with Gasteiger partial charge in [-0.05, 0) is 24.1 Å². The molecule has 7 nitrogen and oxygen atoms in total. The van der Waals surface area contributed by atoms with Gasteiger partial charge in [-0.1, -0.05) is 12.1 Å². The summed E-state index contributed by atoms with van der Waals surface area (Å²) < 4.78 is 3.72. The molecule has 0 bridgehead atoms. The number of anilines is 1. The van der Waals surface area contributed by atoms with Crippen molar-refractivity contribution in [2.75, 3.05) is 5.32 Å². The molecule has 0 aliphatic heterocycles. The summed E-state index contributed by atoms with van der Waals surface area (Å²) in [6.45, 7) is 1.46. The Hall–Kier alpha value is -2.96. The van der Waals surface area contributed by atoms with Crippen LogP contribution in [0.3, 0.4) is 0 Å². The second-order valence-corrected chi connectivity index (χ2v) is 5.24. The summed E-state index contributed by atoms with van der Waals surface area (Å²) in [5.41, 5.74) is 1.91. The van der Waals surface area contributed by atoms with Crippen LogP contribution in [0.25, 0.3) is 0 Å². The van der Waals surface area contributed by atoms with Gasteiger partial charge >= 0.3 is 0 Å². The number of carbonyl (C=O) groups excluding carboxylic acids is 1. The molecule has 23 heavy (non-hydrogen) atoms. The Kier molecular flexibility index (Phi) is 4.78. The molecule has 3 aromatic rings. The van der Waals surface area contributed by atoms with Gasteiger partial charge in [0.25, 0.3) is 0 Å².